The van der Waals surface area contributed by atoms with Gasteiger partial charge in [0.1, 0.15) is 5.67 Å². The lowest BCUT2D eigenvalue weighted by molar-refractivity contribution is -0.211. The Morgan fingerprint density at radius 1 is 1.14 bits per heavy atom. The van der Waals surface area contributed by atoms with E-state index in [2.05, 4.69) is 23.9 Å². The summed E-state index contributed by atoms with van der Waals surface area (Å²) in [5, 5.41) is 14.3. The molecule has 1 aromatic carbocycles. The number of carbonyl (C=O) groups excluding carboxylic acids is 1. The average Bonchev–Trinajstić information content (AvgIpc) is 3.62. The summed E-state index contributed by atoms with van der Waals surface area (Å²) < 4.78 is 16.5. The number of hydrogen-bond donors (Lipinski definition) is 0. The van der Waals surface area contributed by atoms with Gasteiger partial charge in [0.25, 0.3) is 0 Å². The number of halogens is 1. The van der Waals surface area contributed by atoms with Gasteiger partial charge in [-0.25, -0.2) is 4.39 Å². The maximum atomic E-state index is 14.3. The second-order valence-corrected chi connectivity index (χ2v) is 12.6. The molecular weight excluding hydrogens is 439 g/mol. The van der Waals surface area contributed by atoms with Crippen molar-refractivity contribution in [3.05, 3.63) is 47.3 Å². The molecule has 182 valence electrons. The molecular formula is C29H33FN4O. The van der Waals surface area contributed by atoms with Crippen LogP contribution in [-0.4, -0.2) is 27.9 Å². The number of amides is 1. The Bertz CT molecular complexity index is 1220. The zero-order chi connectivity index (χ0) is 24.1. The first kappa shape index (κ1) is 21.6. The fraction of sp³-hybridized carbons (Fsp3) is 0.621. The van der Waals surface area contributed by atoms with Gasteiger partial charge in [0.2, 0.25) is 5.91 Å². The molecule has 1 aromatic heterocycles. The quantitative estimate of drug-likeness (QED) is 0.543. The van der Waals surface area contributed by atoms with E-state index < -0.39 is 11.1 Å². The lowest BCUT2D eigenvalue weighted by Gasteiger charge is -2.65. The molecule has 0 aliphatic heterocycles. The monoisotopic (exact) mass is 472 g/mol. The van der Waals surface area contributed by atoms with Crippen molar-refractivity contribution in [2.45, 2.75) is 87.6 Å². The Hall–Kier alpha value is -2.68. The molecule has 0 atom stereocenters. The van der Waals surface area contributed by atoms with Crippen molar-refractivity contribution in [1.82, 2.24) is 9.78 Å². The minimum atomic E-state index is -1.11. The number of nitrogens with zero attached hydrogens (tertiary/aromatic N) is 4. The Morgan fingerprint density at radius 2 is 1.83 bits per heavy atom. The highest BCUT2D eigenvalue weighted by Gasteiger charge is 2.73. The van der Waals surface area contributed by atoms with Gasteiger partial charge in [0, 0.05) is 36.3 Å². The largest absolute Gasteiger partial charge is 0.311 e. The second-order valence-electron chi connectivity index (χ2n) is 12.6. The lowest BCUT2D eigenvalue weighted by atomic mass is 9.41. The van der Waals surface area contributed by atoms with Crippen LogP contribution in [0.5, 0.6) is 0 Å². The first-order valence-corrected chi connectivity index (χ1v) is 13.3. The van der Waals surface area contributed by atoms with Crippen molar-refractivity contribution < 1.29 is 9.18 Å². The molecule has 0 radical (unpaired) electrons. The normalized spacial score (nSPS) is 36.7. The van der Waals surface area contributed by atoms with Crippen molar-refractivity contribution >= 4 is 11.6 Å². The minimum absolute atomic E-state index is 0.0737. The smallest absolute Gasteiger partial charge is 0.233 e. The van der Waals surface area contributed by atoms with Gasteiger partial charge >= 0.3 is 0 Å². The molecule has 7 aliphatic rings. The van der Waals surface area contributed by atoms with E-state index in [-0.39, 0.29) is 16.7 Å². The van der Waals surface area contributed by atoms with E-state index in [1.165, 1.54) is 24.2 Å². The van der Waals surface area contributed by atoms with Crippen LogP contribution in [0.4, 0.5) is 10.1 Å². The summed E-state index contributed by atoms with van der Waals surface area (Å²) in [6.45, 7) is 0.677. The van der Waals surface area contributed by atoms with Crippen molar-refractivity contribution in [1.29, 1.82) is 5.26 Å². The topological polar surface area (TPSA) is 61.9 Å². The number of aromatic nitrogens is 2. The molecule has 7 fully saturated rings. The van der Waals surface area contributed by atoms with Crippen LogP contribution < -0.4 is 4.90 Å². The number of aryl methyl sites for hydroxylation is 1. The fourth-order valence-electron chi connectivity index (χ4n) is 7.99. The predicted molar refractivity (Wildman–Crippen MR) is 131 cm³/mol. The van der Waals surface area contributed by atoms with Gasteiger partial charge in [0.05, 0.1) is 22.7 Å². The maximum absolute atomic E-state index is 14.3. The van der Waals surface area contributed by atoms with Crippen molar-refractivity contribution in [3.63, 3.8) is 0 Å². The second kappa shape index (κ2) is 6.96. The molecule has 0 saturated heterocycles. The summed E-state index contributed by atoms with van der Waals surface area (Å²) in [6, 6.07) is 12.0. The number of nitriles is 1. The highest BCUT2D eigenvalue weighted by Crippen LogP contribution is 2.70. The van der Waals surface area contributed by atoms with E-state index in [9.17, 15) is 14.4 Å². The third kappa shape index (κ3) is 3.16. The zero-order valence-corrected chi connectivity index (χ0v) is 20.5. The van der Waals surface area contributed by atoms with E-state index in [4.69, 9.17) is 5.10 Å². The molecule has 0 spiro atoms. The molecule has 2 aromatic rings. The van der Waals surface area contributed by atoms with Crippen LogP contribution in [0.3, 0.4) is 0 Å². The van der Waals surface area contributed by atoms with Gasteiger partial charge in [-0.3, -0.25) is 9.48 Å². The number of carbonyl (C=O) groups is 1. The van der Waals surface area contributed by atoms with Crippen LogP contribution in [0.1, 0.15) is 93.5 Å². The Labute approximate surface area is 206 Å². The highest BCUT2D eigenvalue weighted by molar-refractivity contribution is 6.00. The number of alkyl halides is 1. The lowest BCUT2D eigenvalue weighted by Crippen LogP contribution is -2.71. The maximum Gasteiger partial charge on any atom is 0.233 e. The van der Waals surface area contributed by atoms with Crippen LogP contribution in [0.2, 0.25) is 0 Å². The molecule has 4 bridgehead atoms. The van der Waals surface area contributed by atoms with Gasteiger partial charge in [-0.1, -0.05) is 6.07 Å². The molecule has 7 saturated carbocycles. The summed E-state index contributed by atoms with van der Waals surface area (Å²) in [7, 11) is 2.11. The van der Waals surface area contributed by atoms with E-state index in [0.29, 0.717) is 37.3 Å². The third-order valence-corrected chi connectivity index (χ3v) is 10.3. The molecule has 0 unspecified atom stereocenters. The zero-order valence-electron chi connectivity index (χ0n) is 20.5. The molecule has 1 amide bonds. The van der Waals surface area contributed by atoms with Crippen LogP contribution in [0.15, 0.2) is 30.3 Å². The highest BCUT2D eigenvalue weighted by atomic mass is 19.1. The SMILES string of the molecule is Cn1nc(C2CC2)cc1C12CCC(CN(C(=O)C34CC(F)(C3)C4)c3cccc(C#N)c3)(CC1)CC2. The summed E-state index contributed by atoms with van der Waals surface area (Å²) in [4.78, 5) is 15.8. The van der Waals surface area contributed by atoms with E-state index in [1.54, 1.807) is 6.07 Å². The number of anilines is 1. The number of benzene rings is 1. The molecule has 7 aliphatic carbocycles. The van der Waals surface area contributed by atoms with Gasteiger partial charge in [-0.2, -0.15) is 10.4 Å². The Morgan fingerprint density at radius 3 is 2.43 bits per heavy atom. The number of rotatable bonds is 6. The fourth-order valence-corrected chi connectivity index (χ4v) is 7.99. The number of fused-ring (bicyclic) bond motifs is 3. The third-order valence-electron chi connectivity index (χ3n) is 10.3. The minimum Gasteiger partial charge on any atom is -0.311 e. The van der Waals surface area contributed by atoms with Crippen molar-refractivity contribution in [2.75, 3.05) is 11.4 Å². The summed E-state index contributed by atoms with van der Waals surface area (Å²) >= 11 is 0. The Balaban J connectivity index is 1.15. The first-order chi connectivity index (χ1) is 16.8. The molecule has 6 heteroatoms. The summed E-state index contributed by atoms with van der Waals surface area (Å²) in [5.74, 6) is 0.742. The predicted octanol–water partition coefficient (Wildman–Crippen LogP) is 5.69. The van der Waals surface area contributed by atoms with E-state index in [0.717, 1.165) is 44.2 Å². The first-order valence-electron chi connectivity index (χ1n) is 13.3. The average molecular weight is 473 g/mol. The summed E-state index contributed by atoms with van der Waals surface area (Å²) in [5.41, 5.74) is 2.72. The van der Waals surface area contributed by atoms with Crippen LogP contribution in [-0.2, 0) is 17.3 Å². The van der Waals surface area contributed by atoms with Crippen LogP contribution >= 0.6 is 0 Å². The molecule has 35 heavy (non-hydrogen) atoms. The number of hydrogen-bond acceptors (Lipinski definition) is 3. The molecule has 5 nitrogen and oxygen atoms in total. The molecule has 9 rings (SSSR count). The van der Waals surface area contributed by atoms with Gasteiger partial charge in [-0.15, -0.1) is 0 Å². The van der Waals surface area contributed by atoms with Crippen LogP contribution in [0.25, 0.3) is 0 Å². The van der Waals surface area contributed by atoms with Crippen molar-refractivity contribution in [3.8, 4) is 6.07 Å². The Kier molecular flexibility index (Phi) is 4.29. The standard InChI is InChI=1S/C29H33FN4O/c1-33-24(14-23(32-33)21-5-6-21)27-10-7-26(8-11-27,9-12-27)19-34(22-4-2-3-20(13-22)15-31)25(35)28-16-29(30,17-28)18-28/h2-4,13-14,21H,5-12,16-19H2,1H3. The summed E-state index contributed by atoms with van der Waals surface area (Å²) in [6.07, 6.45) is 10.3. The van der Waals surface area contributed by atoms with Gasteiger partial charge in [0.15, 0.2) is 0 Å². The van der Waals surface area contributed by atoms with E-state index >= 15 is 0 Å². The van der Waals surface area contributed by atoms with Crippen LogP contribution in [0, 0.1) is 22.2 Å². The van der Waals surface area contributed by atoms with Gasteiger partial charge in [-0.05, 0) is 100 Å². The van der Waals surface area contributed by atoms with E-state index in [1.807, 2.05) is 23.1 Å². The molecule has 1 heterocycles. The van der Waals surface area contributed by atoms with Gasteiger partial charge < -0.3 is 4.90 Å². The molecule has 0 N–H and O–H groups in total. The van der Waals surface area contributed by atoms with Crippen molar-refractivity contribution in [2.24, 2.45) is 17.9 Å².